The van der Waals surface area contributed by atoms with Gasteiger partial charge in [0.1, 0.15) is 0 Å². The second-order valence-corrected chi connectivity index (χ2v) is 6.10. The Morgan fingerprint density at radius 1 is 0.789 bits per heavy atom. The molecule has 2 aliphatic heterocycles. The molecule has 2 saturated heterocycles. The number of amides is 2. The van der Waals surface area contributed by atoms with E-state index in [1.165, 1.54) is 0 Å². The normalized spacial score (nSPS) is 28.8. The van der Waals surface area contributed by atoms with E-state index in [1.54, 1.807) is 4.90 Å². The minimum absolute atomic E-state index is 0.0496. The molecule has 1 unspecified atom stereocenters. The topological polar surface area (TPSA) is 60.9 Å². The summed E-state index contributed by atoms with van der Waals surface area (Å²) >= 11 is 0. The van der Waals surface area contributed by atoms with Gasteiger partial charge in [0.05, 0.1) is 6.10 Å². The number of likely N-dealkylation sites (tertiary alicyclic amines) is 2. The maximum atomic E-state index is 12.3. The zero-order chi connectivity index (χ0) is 13.4. The molecule has 0 aromatic rings. The molecule has 1 N–H and O–H groups in total. The van der Waals surface area contributed by atoms with E-state index in [0.29, 0.717) is 25.4 Å². The maximum Gasteiger partial charge on any atom is 0.225 e. The molecule has 1 aliphatic carbocycles. The summed E-state index contributed by atoms with van der Waals surface area (Å²) in [6.45, 7) is 2.62. The maximum absolute atomic E-state index is 12.3. The van der Waals surface area contributed by atoms with Crippen molar-refractivity contribution in [1.82, 2.24) is 9.80 Å². The van der Waals surface area contributed by atoms with Crippen LogP contribution < -0.4 is 0 Å². The number of carbonyl (C=O) groups is 2. The molecule has 2 amide bonds. The van der Waals surface area contributed by atoms with Crippen LogP contribution in [0.15, 0.2) is 0 Å². The molecule has 19 heavy (non-hydrogen) atoms. The Balaban J connectivity index is 1.49. The van der Waals surface area contributed by atoms with Gasteiger partial charge in [-0.2, -0.15) is 0 Å². The molecule has 1 atom stereocenters. The predicted molar refractivity (Wildman–Crippen MR) is 69.2 cm³/mol. The van der Waals surface area contributed by atoms with Gasteiger partial charge in [-0.3, -0.25) is 9.59 Å². The molecule has 3 fully saturated rings. The number of hydrogen-bond donors (Lipinski definition) is 1. The predicted octanol–water partition coefficient (Wildman–Crippen LogP) is 0.228. The average molecular weight is 266 g/mol. The van der Waals surface area contributed by atoms with E-state index in [-0.39, 0.29) is 23.8 Å². The average Bonchev–Trinajstić information content (AvgIpc) is 3.19. The second-order valence-electron chi connectivity index (χ2n) is 6.10. The van der Waals surface area contributed by atoms with Crippen LogP contribution in [-0.2, 0) is 9.59 Å². The van der Waals surface area contributed by atoms with E-state index in [1.807, 2.05) is 4.90 Å². The van der Waals surface area contributed by atoms with Gasteiger partial charge in [0.25, 0.3) is 0 Å². The molecule has 5 nitrogen and oxygen atoms in total. The summed E-state index contributed by atoms with van der Waals surface area (Å²) in [6, 6.07) is 0. The van der Waals surface area contributed by atoms with Crippen LogP contribution in [0, 0.1) is 11.8 Å². The van der Waals surface area contributed by atoms with Crippen molar-refractivity contribution in [3.63, 3.8) is 0 Å². The number of nitrogens with zero attached hydrogens (tertiary/aromatic N) is 2. The number of aliphatic hydroxyl groups excluding tert-OH is 1. The fourth-order valence-electron chi connectivity index (χ4n) is 3.14. The number of β-amino-alcohol motifs (C(OH)–C–C–N with tert-alkyl or cyclic N) is 1. The highest BCUT2D eigenvalue weighted by Gasteiger charge is 2.37. The summed E-state index contributed by atoms with van der Waals surface area (Å²) in [7, 11) is 0. The summed E-state index contributed by atoms with van der Waals surface area (Å²) in [4.78, 5) is 27.9. The molecule has 0 spiro atoms. The highest BCUT2D eigenvalue weighted by molar-refractivity contribution is 5.82. The Morgan fingerprint density at radius 2 is 1.32 bits per heavy atom. The third-order valence-corrected chi connectivity index (χ3v) is 4.56. The fourth-order valence-corrected chi connectivity index (χ4v) is 3.14. The van der Waals surface area contributed by atoms with Gasteiger partial charge in [-0.15, -0.1) is 0 Å². The van der Waals surface area contributed by atoms with E-state index in [4.69, 9.17) is 0 Å². The van der Waals surface area contributed by atoms with Gasteiger partial charge in [-0.25, -0.2) is 0 Å². The first-order chi connectivity index (χ1) is 9.15. The first-order valence-electron chi connectivity index (χ1n) is 7.41. The lowest BCUT2D eigenvalue weighted by Crippen LogP contribution is -2.44. The van der Waals surface area contributed by atoms with Crippen LogP contribution in [0.5, 0.6) is 0 Å². The number of aliphatic hydroxyl groups is 1. The zero-order valence-corrected chi connectivity index (χ0v) is 11.3. The van der Waals surface area contributed by atoms with Crippen LogP contribution in [0.1, 0.15) is 32.1 Å². The SMILES string of the molecule is O=C(C1CC1)N1CCC(C(=O)N2CCC(O)C2)CC1. The molecule has 0 bridgehead atoms. The Kier molecular flexibility index (Phi) is 3.48. The van der Waals surface area contributed by atoms with Gasteiger partial charge in [0.2, 0.25) is 11.8 Å². The smallest absolute Gasteiger partial charge is 0.225 e. The van der Waals surface area contributed by atoms with Crippen molar-refractivity contribution in [3.05, 3.63) is 0 Å². The monoisotopic (exact) mass is 266 g/mol. The molecule has 5 heteroatoms. The summed E-state index contributed by atoms with van der Waals surface area (Å²) in [5.74, 6) is 0.798. The van der Waals surface area contributed by atoms with Gasteiger partial charge in [0, 0.05) is 38.0 Å². The Labute approximate surface area is 113 Å². The van der Waals surface area contributed by atoms with Gasteiger partial charge in [-0.1, -0.05) is 0 Å². The third kappa shape index (κ3) is 2.76. The molecule has 0 aromatic heterocycles. The van der Waals surface area contributed by atoms with Gasteiger partial charge >= 0.3 is 0 Å². The highest BCUT2D eigenvalue weighted by Crippen LogP contribution is 2.32. The van der Waals surface area contributed by atoms with Crippen LogP contribution in [-0.4, -0.2) is 59.0 Å². The lowest BCUT2D eigenvalue weighted by atomic mass is 9.95. The van der Waals surface area contributed by atoms with Crippen LogP contribution in [0.3, 0.4) is 0 Å². The molecule has 3 rings (SSSR count). The fraction of sp³-hybridized carbons (Fsp3) is 0.857. The van der Waals surface area contributed by atoms with Crippen molar-refractivity contribution in [2.45, 2.75) is 38.2 Å². The van der Waals surface area contributed by atoms with Crippen molar-refractivity contribution in [2.24, 2.45) is 11.8 Å². The molecular weight excluding hydrogens is 244 g/mol. The largest absolute Gasteiger partial charge is 0.391 e. The Bertz CT molecular complexity index is 373. The molecule has 2 heterocycles. The lowest BCUT2D eigenvalue weighted by molar-refractivity contribution is -0.140. The van der Waals surface area contributed by atoms with E-state index in [2.05, 4.69) is 0 Å². The molecule has 106 valence electrons. The quantitative estimate of drug-likeness (QED) is 0.778. The molecular formula is C14H22N2O3. The molecule has 3 aliphatic rings. The molecule has 1 saturated carbocycles. The van der Waals surface area contributed by atoms with E-state index < -0.39 is 0 Å². The minimum Gasteiger partial charge on any atom is -0.391 e. The van der Waals surface area contributed by atoms with E-state index >= 15 is 0 Å². The van der Waals surface area contributed by atoms with Crippen LogP contribution in [0.2, 0.25) is 0 Å². The molecule has 0 radical (unpaired) electrons. The zero-order valence-electron chi connectivity index (χ0n) is 11.3. The minimum atomic E-state index is -0.347. The summed E-state index contributed by atoms with van der Waals surface area (Å²) < 4.78 is 0. The van der Waals surface area contributed by atoms with Crippen LogP contribution >= 0.6 is 0 Å². The van der Waals surface area contributed by atoms with Crippen LogP contribution in [0.4, 0.5) is 0 Å². The first-order valence-corrected chi connectivity index (χ1v) is 7.41. The van der Waals surface area contributed by atoms with Crippen LogP contribution in [0.25, 0.3) is 0 Å². The third-order valence-electron chi connectivity index (χ3n) is 4.56. The summed E-state index contributed by atoms with van der Waals surface area (Å²) in [5, 5.41) is 9.48. The van der Waals surface area contributed by atoms with Crippen molar-refractivity contribution in [2.75, 3.05) is 26.2 Å². The molecule has 0 aromatic carbocycles. The highest BCUT2D eigenvalue weighted by atomic mass is 16.3. The Hall–Kier alpha value is -1.10. The van der Waals surface area contributed by atoms with Gasteiger partial charge in [-0.05, 0) is 32.1 Å². The van der Waals surface area contributed by atoms with E-state index in [0.717, 1.165) is 38.8 Å². The van der Waals surface area contributed by atoms with Crippen molar-refractivity contribution >= 4 is 11.8 Å². The van der Waals surface area contributed by atoms with E-state index in [9.17, 15) is 14.7 Å². The Morgan fingerprint density at radius 3 is 1.84 bits per heavy atom. The number of hydrogen-bond acceptors (Lipinski definition) is 3. The summed E-state index contributed by atoms with van der Waals surface area (Å²) in [5.41, 5.74) is 0. The first kappa shape index (κ1) is 12.9. The van der Waals surface area contributed by atoms with Crippen molar-refractivity contribution < 1.29 is 14.7 Å². The lowest BCUT2D eigenvalue weighted by Gasteiger charge is -2.33. The second kappa shape index (κ2) is 5.12. The summed E-state index contributed by atoms with van der Waals surface area (Å²) in [6.07, 6.45) is 4.01. The number of piperidine rings is 1. The van der Waals surface area contributed by atoms with Crippen molar-refractivity contribution in [1.29, 1.82) is 0 Å². The van der Waals surface area contributed by atoms with Gasteiger partial charge in [0.15, 0.2) is 0 Å². The van der Waals surface area contributed by atoms with Gasteiger partial charge < -0.3 is 14.9 Å². The number of carbonyl (C=O) groups excluding carboxylic acids is 2. The van der Waals surface area contributed by atoms with Crippen molar-refractivity contribution in [3.8, 4) is 0 Å². The standard InChI is InChI=1S/C14H22N2O3/c17-12-5-8-16(9-12)14(19)11-3-6-15(7-4-11)13(18)10-1-2-10/h10-12,17H,1-9H2. The number of rotatable bonds is 2.